The number of aromatic carboxylic acids is 1. The van der Waals surface area contributed by atoms with E-state index in [9.17, 15) is 9.59 Å². The zero-order valence-corrected chi connectivity index (χ0v) is 11.3. The van der Waals surface area contributed by atoms with Crippen molar-refractivity contribution in [2.45, 2.75) is 31.7 Å². The Morgan fingerprint density at radius 1 is 1.43 bits per heavy atom. The van der Waals surface area contributed by atoms with Gasteiger partial charge in [0.2, 0.25) is 5.76 Å². The summed E-state index contributed by atoms with van der Waals surface area (Å²) in [6.07, 6.45) is 5.04. The highest BCUT2D eigenvalue weighted by atomic mass is 16.5. The molecule has 3 N–H and O–H groups in total. The number of hydrogen-bond donors (Lipinski definition) is 3. The minimum absolute atomic E-state index is 0.00127. The first kappa shape index (κ1) is 13.3. The monoisotopic (exact) mass is 290 g/mol. The summed E-state index contributed by atoms with van der Waals surface area (Å²) in [5, 5.41) is 15.4. The Balaban J connectivity index is 1.85. The number of amides is 1. The molecule has 0 aromatic carbocycles. The number of carboxylic acid groups (broad SMARTS) is 1. The lowest BCUT2D eigenvalue weighted by molar-refractivity contribution is 0.0690. The highest BCUT2D eigenvalue weighted by molar-refractivity contribution is 5.93. The van der Waals surface area contributed by atoms with Crippen LogP contribution in [0.2, 0.25) is 0 Å². The van der Waals surface area contributed by atoms with Crippen LogP contribution in [0.1, 0.15) is 51.7 Å². The number of hydrogen-bond acceptors (Lipinski definition) is 5. The van der Waals surface area contributed by atoms with Crippen molar-refractivity contribution in [3.63, 3.8) is 0 Å². The standard InChI is InChI=1S/C13H14N4O4/c1-7-5-15-21-9(7)10(18)17-13(3-2-4-13)12-14-6-8(16-12)11(19)20/h5-6H,2-4H2,1H3,(H,14,16)(H,17,18)(H,19,20). The normalized spacial score (nSPS) is 16.2. The van der Waals surface area contributed by atoms with Crippen LogP contribution >= 0.6 is 0 Å². The van der Waals surface area contributed by atoms with Gasteiger partial charge in [-0.1, -0.05) is 5.16 Å². The zero-order chi connectivity index (χ0) is 15.0. The fourth-order valence-corrected chi connectivity index (χ4v) is 2.41. The second-order valence-corrected chi connectivity index (χ2v) is 5.18. The van der Waals surface area contributed by atoms with Gasteiger partial charge in [0.1, 0.15) is 11.5 Å². The summed E-state index contributed by atoms with van der Waals surface area (Å²) in [5.74, 6) is -0.846. The minimum atomic E-state index is -1.08. The molecule has 1 amide bonds. The van der Waals surface area contributed by atoms with Crippen LogP contribution in [0.25, 0.3) is 0 Å². The molecule has 2 heterocycles. The van der Waals surface area contributed by atoms with Gasteiger partial charge in [0.25, 0.3) is 5.91 Å². The van der Waals surface area contributed by atoms with Gasteiger partial charge in [-0.3, -0.25) is 4.79 Å². The topological polar surface area (TPSA) is 121 Å². The maximum atomic E-state index is 12.2. The van der Waals surface area contributed by atoms with E-state index in [2.05, 4.69) is 20.4 Å². The van der Waals surface area contributed by atoms with Gasteiger partial charge in [-0.2, -0.15) is 0 Å². The molecule has 2 aromatic heterocycles. The third-order valence-corrected chi connectivity index (χ3v) is 3.77. The predicted octanol–water partition coefficient (Wildman–Crippen LogP) is 1.21. The number of carbonyl (C=O) groups is 2. The molecule has 0 unspecified atom stereocenters. The number of aromatic nitrogens is 3. The molecule has 0 spiro atoms. The van der Waals surface area contributed by atoms with E-state index in [1.165, 1.54) is 12.4 Å². The summed E-state index contributed by atoms with van der Waals surface area (Å²) < 4.78 is 4.93. The molecule has 1 aliphatic carbocycles. The summed E-state index contributed by atoms with van der Waals surface area (Å²) in [5.41, 5.74) is -0.0155. The number of rotatable bonds is 4. The molecule has 0 radical (unpaired) electrons. The molecule has 1 fully saturated rings. The van der Waals surface area contributed by atoms with E-state index in [0.717, 1.165) is 6.42 Å². The molecule has 0 saturated heterocycles. The van der Waals surface area contributed by atoms with Gasteiger partial charge in [0.05, 0.1) is 17.9 Å². The zero-order valence-electron chi connectivity index (χ0n) is 11.3. The molecule has 3 rings (SSSR count). The van der Waals surface area contributed by atoms with E-state index < -0.39 is 11.5 Å². The molecular weight excluding hydrogens is 276 g/mol. The number of H-pyrrole nitrogens is 1. The maximum absolute atomic E-state index is 12.2. The van der Waals surface area contributed by atoms with Crippen LogP contribution in [-0.4, -0.2) is 32.1 Å². The molecule has 2 aromatic rings. The molecule has 8 nitrogen and oxygen atoms in total. The van der Waals surface area contributed by atoms with Gasteiger partial charge >= 0.3 is 5.97 Å². The molecule has 1 aliphatic rings. The van der Waals surface area contributed by atoms with E-state index in [1.807, 2.05) is 0 Å². The summed E-state index contributed by atoms with van der Waals surface area (Å²) in [7, 11) is 0. The van der Waals surface area contributed by atoms with E-state index in [4.69, 9.17) is 9.63 Å². The number of aryl methyl sites for hydroxylation is 1. The van der Waals surface area contributed by atoms with Crippen molar-refractivity contribution in [3.8, 4) is 0 Å². The Hall–Kier alpha value is -2.64. The molecule has 110 valence electrons. The van der Waals surface area contributed by atoms with Crippen LogP contribution < -0.4 is 5.32 Å². The Morgan fingerprint density at radius 3 is 2.67 bits per heavy atom. The molecule has 0 aliphatic heterocycles. The predicted molar refractivity (Wildman–Crippen MR) is 69.8 cm³/mol. The van der Waals surface area contributed by atoms with Gasteiger partial charge < -0.3 is 19.9 Å². The lowest BCUT2D eigenvalue weighted by atomic mass is 9.76. The lowest BCUT2D eigenvalue weighted by Crippen LogP contribution is -2.51. The van der Waals surface area contributed by atoms with E-state index in [0.29, 0.717) is 24.2 Å². The van der Waals surface area contributed by atoms with E-state index >= 15 is 0 Å². The fraction of sp³-hybridized carbons (Fsp3) is 0.385. The number of aromatic amines is 1. The number of nitrogens with zero attached hydrogens (tertiary/aromatic N) is 2. The van der Waals surface area contributed by atoms with Crippen molar-refractivity contribution in [1.82, 2.24) is 20.4 Å². The average molecular weight is 290 g/mol. The lowest BCUT2D eigenvalue weighted by Gasteiger charge is -2.40. The number of nitrogens with one attached hydrogen (secondary N) is 2. The Kier molecular flexibility index (Phi) is 3.00. The molecule has 0 atom stereocenters. The molecule has 0 bridgehead atoms. The summed E-state index contributed by atoms with van der Waals surface area (Å²) in [6.45, 7) is 1.73. The largest absolute Gasteiger partial charge is 0.477 e. The quantitative estimate of drug-likeness (QED) is 0.778. The van der Waals surface area contributed by atoms with Crippen molar-refractivity contribution in [1.29, 1.82) is 0 Å². The van der Waals surface area contributed by atoms with Crippen LogP contribution in [0, 0.1) is 6.92 Å². The summed E-state index contributed by atoms with van der Waals surface area (Å²) >= 11 is 0. The Morgan fingerprint density at radius 2 is 2.19 bits per heavy atom. The van der Waals surface area contributed by atoms with Gasteiger partial charge in [0.15, 0.2) is 0 Å². The maximum Gasteiger partial charge on any atom is 0.353 e. The van der Waals surface area contributed by atoms with Gasteiger partial charge in [-0.15, -0.1) is 0 Å². The van der Waals surface area contributed by atoms with E-state index in [-0.39, 0.29) is 17.4 Å². The molecular formula is C13H14N4O4. The van der Waals surface area contributed by atoms with Crippen molar-refractivity contribution < 1.29 is 19.2 Å². The van der Waals surface area contributed by atoms with Crippen molar-refractivity contribution >= 4 is 11.9 Å². The second kappa shape index (κ2) is 4.72. The van der Waals surface area contributed by atoms with Crippen LogP contribution in [0.3, 0.4) is 0 Å². The first-order valence-electron chi connectivity index (χ1n) is 6.54. The first-order chi connectivity index (χ1) is 10.0. The van der Waals surface area contributed by atoms with Crippen LogP contribution in [0.15, 0.2) is 16.9 Å². The average Bonchev–Trinajstić information content (AvgIpc) is 3.02. The Labute approximate surface area is 119 Å². The van der Waals surface area contributed by atoms with Crippen molar-refractivity contribution in [2.75, 3.05) is 0 Å². The number of carboxylic acids is 1. The third-order valence-electron chi connectivity index (χ3n) is 3.77. The summed E-state index contributed by atoms with van der Waals surface area (Å²) in [6, 6.07) is 0. The summed E-state index contributed by atoms with van der Waals surface area (Å²) in [4.78, 5) is 30.0. The van der Waals surface area contributed by atoms with Gasteiger partial charge in [-0.25, -0.2) is 9.78 Å². The second-order valence-electron chi connectivity index (χ2n) is 5.18. The van der Waals surface area contributed by atoms with Crippen molar-refractivity contribution in [3.05, 3.63) is 35.2 Å². The third kappa shape index (κ3) is 2.18. The SMILES string of the molecule is Cc1cnoc1C(=O)NC1(c2ncc(C(=O)O)[nH]2)CCC1. The molecule has 21 heavy (non-hydrogen) atoms. The molecule has 8 heteroatoms. The number of carbonyl (C=O) groups excluding carboxylic acids is 1. The number of imidazole rings is 1. The van der Waals surface area contributed by atoms with Gasteiger partial charge in [0, 0.05) is 5.56 Å². The van der Waals surface area contributed by atoms with Crippen LogP contribution in [0.5, 0.6) is 0 Å². The smallest absolute Gasteiger partial charge is 0.353 e. The highest BCUT2D eigenvalue weighted by Gasteiger charge is 2.43. The van der Waals surface area contributed by atoms with E-state index in [1.54, 1.807) is 6.92 Å². The van der Waals surface area contributed by atoms with Crippen LogP contribution in [-0.2, 0) is 5.54 Å². The Bertz CT molecular complexity index is 699. The molecule has 1 saturated carbocycles. The fourth-order valence-electron chi connectivity index (χ4n) is 2.41. The van der Waals surface area contributed by atoms with Gasteiger partial charge in [-0.05, 0) is 26.2 Å². The first-order valence-corrected chi connectivity index (χ1v) is 6.54. The highest BCUT2D eigenvalue weighted by Crippen LogP contribution is 2.40. The van der Waals surface area contributed by atoms with Crippen LogP contribution in [0.4, 0.5) is 0 Å². The van der Waals surface area contributed by atoms with Crippen molar-refractivity contribution in [2.24, 2.45) is 0 Å². The minimum Gasteiger partial charge on any atom is -0.477 e.